The van der Waals surface area contributed by atoms with Crippen LogP contribution in [0.15, 0.2) is 21.3 Å². The Labute approximate surface area is 139 Å². The summed E-state index contributed by atoms with van der Waals surface area (Å²) in [6.07, 6.45) is 1.92. The summed E-state index contributed by atoms with van der Waals surface area (Å²) in [7, 11) is 0. The van der Waals surface area contributed by atoms with Gasteiger partial charge in [0.05, 0.1) is 6.54 Å². The van der Waals surface area contributed by atoms with E-state index in [-0.39, 0.29) is 17.9 Å². The second-order valence-electron chi connectivity index (χ2n) is 6.24. The van der Waals surface area contributed by atoms with Crippen LogP contribution in [0.1, 0.15) is 32.6 Å². The van der Waals surface area contributed by atoms with Crippen molar-refractivity contribution in [3.05, 3.63) is 22.7 Å². The Hall–Kier alpha value is -1.73. The van der Waals surface area contributed by atoms with Crippen molar-refractivity contribution in [1.29, 1.82) is 0 Å². The molecule has 1 aliphatic heterocycles. The van der Waals surface area contributed by atoms with E-state index in [1.54, 1.807) is 11.3 Å². The molecule has 0 unspecified atom stereocenters. The van der Waals surface area contributed by atoms with Gasteiger partial charge in [-0.05, 0) is 24.3 Å². The average Bonchev–Trinajstić information content (AvgIpc) is 3.20. The fraction of sp³-hybridized carbons (Fsp3) is 0.562. The van der Waals surface area contributed by atoms with Crippen molar-refractivity contribution in [1.82, 2.24) is 20.4 Å². The highest BCUT2D eigenvalue weighted by Gasteiger charge is 2.23. The van der Waals surface area contributed by atoms with Crippen molar-refractivity contribution in [3.63, 3.8) is 0 Å². The van der Waals surface area contributed by atoms with Gasteiger partial charge in [0.2, 0.25) is 17.6 Å². The first-order valence-corrected chi connectivity index (χ1v) is 8.94. The Morgan fingerprint density at radius 3 is 2.91 bits per heavy atom. The Balaban J connectivity index is 1.48. The van der Waals surface area contributed by atoms with E-state index in [1.807, 2.05) is 30.7 Å². The molecule has 1 saturated heterocycles. The lowest BCUT2D eigenvalue weighted by molar-refractivity contribution is -0.125. The van der Waals surface area contributed by atoms with Crippen LogP contribution >= 0.6 is 11.3 Å². The molecule has 1 fully saturated rings. The zero-order valence-electron chi connectivity index (χ0n) is 13.5. The molecule has 3 heterocycles. The smallest absolute Gasteiger partial charge is 0.241 e. The van der Waals surface area contributed by atoms with Gasteiger partial charge in [0, 0.05) is 36.0 Å². The number of rotatable bonds is 5. The first-order chi connectivity index (χ1) is 11.1. The minimum Gasteiger partial charge on any atom is -0.353 e. The monoisotopic (exact) mass is 334 g/mol. The first-order valence-electron chi connectivity index (χ1n) is 7.99. The van der Waals surface area contributed by atoms with Gasteiger partial charge >= 0.3 is 0 Å². The van der Waals surface area contributed by atoms with E-state index < -0.39 is 0 Å². The Kier molecular flexibility index (Phi) is 5.07. The number of aromatic nitrogens is 2. The summed E-state index contributed by atoms with van der Waals surface area (Å²) in [6.45, 7) is 6.37. The molecule has 3 rings (SSSR count). The van der Waals surface area contributed by atoms with E-state index in [2.05, 4.69) is 20.4 Å². The fourth-order valence-electron chi connectivity index (χ4n) is 2.62. The normalized spacial score (nSPS) is 16.8. The van der Waals surface area contributed by atoms with Crippen molar-refractivity contribution in [2.45, 2.75) is 39.3 Å². The Morgan fingerprint density at radius 1 is 1.48 bits per heavy atom. The molecular weight excluding hydrogens is 312 g/mol. The number of likely N-dealkylation sites (tertiary alicyclic amines) is 1. The summed E-state index contributed by atoms with van der Waals surface area (Å²) in [6, 6.07) is 2.27. The van der Waals surface area contributed by atoms with E-state index >= 15 is 0 Å². The maximum atomic E-state index is 11.7. The number of carbonyl (C=O) groups excluding carboxylic acids is 1. The zero-order valence-corrected chi connectivity index (χ0v) is 14.3. The molecule has 23 heavy (non-hydrogen) atoms. The van der Waals surface area contributed by atoms with E-state index in [9.17, 15) is 4.79 Å². The second kappa shape index (κ2) is 7.23. The van der Waals surface area contributed by atoms with E-state index in [0.29, 0.717) is 18.3 Å². The number of carbonyl (C=O) groups is 1. The van der Waals surface area contributed by atoms with Gasteiger partial charge in [0.15, 0.2) is 0 Å². The maximum Gasteiger partial charge on any atom is 0.241 e. The van der Waals surface area contributed by atoms with Crippen LogP contribution < -0.4 is 5.32 Å². The fourth-order valence-corrected chi connectivity index (χ4v) is 3.26. The van der Waals surface area contributed by atoms with Crippen molar-refractivity contribution in [2.75, 3.05) is 13.1 Å². The Morgan fingerprint density at radius 2 is 2.26 bits per heavy atom. The molecule has 1 amide bonds. The van der Waals surface area contributed by atoms with Crippen LogP contribution in [0.2, 0.25) is 0 Å². The molecule has 0 radical (unpaired) electrons. The van der Waals surface area contributed by atoms with Gasteiger partial charge in [-0.15, -0.1) is 0 Å². The lowest BCUT2D eigenvalue weighted by Gasteiger charge is -2.31. The second-order valence-corrected chi connectivity index (χ2v) is 7.02. The van der Waals surface area contributed by atoms with Crippen molar-refractivity contribution in [3.8, 4) is 11.4 Å². The number of hydrogen-bond donors (Lipinski definition) is 1. The minimum absolute atomic E-state index is 0.0435. The maximum absolute atomic E-state index is 11.7. The highest BCUT2D eigenvalue weighted by Crippen LogP contribution is 2.20. The van der Waals surface area contributed by atoms with Crippen LogP contribution in [0.5, 0.6) is 0 Å². The van der Waals surface area contributed by atoms with Crippen LogP contribution in [0.25, 0.3) is 11.4 Å². The molecule has 1 aliphatic rings. The molecule has 2 aromatic heterocycles. The van der Waals surface area contributed by atoms with Crippen LogP contribution in [-0.2, 0) is 11.3 Å². The number of nitrogens with one attached hydrogen (secondary N) is 1. The number of hydrogen-bond acceptors (Lipinski definition) is 6. The van der Waals surface area contributed by atoms with Crippen molar-refractivity contribution in [2.24, 2.45) is 5.92 Å². The Bertz CT molecular complexity index is 630. The molecule has 7 heteroatoms. The number of thiophene rings is 1. The minimum atomic E-state index is 0.0435. The van der Waals surface area contributed by atoms with Crippen LogP contribution in [-0.4, -0.2) is 40.1 Å². The summed E-state index contributed by atoms with van der Waals surface area (Å²) < 4.78 is 5.35. The molecule has 0 spiro atoms. The largest absolute Gasteiger partial charge is 0.353 e. The van der Waals surface area contributed by atoms with Gasteiger partial charge in [0.1, 0.15) is 0 Å². The molecule has 0 aliphatic carbocycles. The van der Waals surface area contributed by atoms with E-state index in [0.717, 1.165) is 31.5 Å². The predicted molar refractivity (Wildman–Crippen MR) is 88.9 cm³/mol. The standard InChI is InChI=1S/C16H22N4O2S/c1-11(2)16(21)17-13-3-6-20(7-4-13)9-14-18-15(19-22-14)12-5-8-23-10-12/h5,8,10-11,13H,3-4,6-7,9H2,1-2H3,(H,17,21). The topological polar surface area (TPSA) is 71.3 Å². The first kappa shape index (κ1) is 16.1. The highest BCUT2D eigenvalue weighted by atomic mass is 32.1. The van der Waals surface area contributed by atoms with E-state index in [1.165, 1.54) is 0 Å². The lowest BCUT2D eigenvalue weighted by Crippen LogP contribution is -2.45. The summed E-state index contributed by atoms with van der Waals surface area (Å²) in [5.41, 5.74) is 1.00. The molecule has 0 aromatic carbocycles. The quantitative estimate of drug-likeness (QED) is 0.910. The van der Waals surface area contributed by atoms with Gasteiger partial charge in [-0.25, -0.2) is 0 Å². The molecule has 0 saturated carbocycles. The molecule has 0 atom stereocenters. The molecule has 2 aromatic rings. The molecule has 124 valence electrons. The van der Waals surface area contributed by atoms with Gasteiger partial charge < -0.3 is 9.84 Å². The molecule has 0 bridgehead atoms. The predicted octanol–water partition coefficient (Wildman–Crippen LogP) is 2.53. The number of amides is 1. The van der Waals surface area contributed by atoms with Crippen LogP contribution in [0.3, 0.4) is 0 Å². The van der Waals surface area contributed by atoms with Gasteiger partial charge in [0.25, 0.3) is 0 Å². The molecular formula is C16H22N4O2S. The van der Waals surface area contributed by atoms with Crippen LogP contribution in [0, 0.1) is 5.92 Å². The van der Waals surface area contributed by atoms with Crippen molar-refractivity contribution < 1.29 is 9.32 Å². The van der Waals surface area contributed by atoms with E-state index in [4.69, 9.17) is 4.52 Å². The van der Waals surface area contributed by atoms with Crippen molar-refractivity contribution >= 4 is 17.2 Å². The lowest BCUT2D eigenvalue weighted by atomic mass is 10.0. The molecule has 1 N–H and O–H groups in total. The highest BCUT2D eigenvalue weighted by molar-refractivity contribution is 7.08. The third-order valence-electron chi connectivity index (χ3n) is 4.06. The van der Waals surface area contributed by atoms with Gasteiger partial charge in [-0.3, -0.25) is 9.69 Å². The summed E-state index contributed by atoms with van der Waals surface area (Å²) in [5, 5.41) is 11.2. The van der Waals surface area contributed by atoms with Gasteiger partial charge in [-0.1, -0.05) is 19.0 Å². The zero-order chi connectivity index (χ0) is 16.2. The van der Waals surface area contributed by atoms with Crippen LogP contribution in [0.4, 0.5) is 0 Å². The SMILES string of the molecule is CC(C)C(=O)NC1CCN(Cc2nc(-c3ccsc3)no2)CC1. The molecule has 6 nitrogen and oxygen atoms in total. The summed E-state index contributed by atoms with van der Waals surface area (Å²) >= 11 is 1.62. The number of nitrogens with zero attached hydrogens (tertiary/aromatic N) is 3. The third kappa shape index (κ3) is 4.17. The van der Waals surface area contributed by atoms with Gasteiger partial charge in [-0.2, -0.15) is 16.3 Å². The average molecular weight is 334 g/mol. The summed E-state index contributed by atoms with van der Waals surface area (Å²) in [5.74, 6) is 1.49. The summed E-state index contributed by atoms with van der Waals surface area (Å²) in [4.78, 5) is 18.5. The third-order valence-corrected chi connectivity index (χ3v) is 4.75. The number of piperidine rings is 1.